The fourth-order valence-corrected chi connectivity index (χ4v) is 2.28. The molecular formula is C14H13Cl2N3O2. The van der Waals surface area contributed by atoms with E-state index in [1.807, 2.05) is 0 Å². The maximum Gasteiger partial charge on any atom is 0.313 e. The van der Waals surface area contributed by atoms with Crippen LogP contribution in [0.4, 0.5) is 0 Å². The summed E-state index contributed by atoms with van der Waals surface area (Å²) in [4.78, 5) is 23.9. The Morgan fingerprint density at radius 1 is 1.33 bits per heavy atom. The molecule has 5 nitrogen and oxygen atoms in total. The quantitative estimate of drug-likeness (QED) is 0.480. The molecule has 110 valence electrons. The summed E-state index contributed by atoms with van der Waals surface area (Å²) >= 11 is 11.7. The third kappa shape index (κ3) is 4.12. The van der Waals surface area contributed by atoms with Crippen LogP contribution in [-0.2, 0) is 16.0 Å². The van der Waals surface area contributed by atoms with Crippen molar-refractivity contribution in [1.82, 2.24) is 15.0 Å². The van der Waals surface area contributed by atoms with Gasteiger partial charge >= 0.3 is 5.97 Å². The van der Waals surface area contributed by atoms with E-state index in [1.54, 1.807) is 31.5 Å². The first kappa shape index (κ1) is 15.7. The maximum absolute atomic E-state index is 12.2. The molecule has 21 heavy (non-hydrogen) atoms. The molecule has 0 radical (unpaired) electrons. The molecule has 0 N–H and O–H groups in total. The molecule has 0 saturated carbocycles. The zero-order chi connectivity index (χ0) is 15.2. The summed E-state index contributed by atoms with van der Waals surface area (Å²) in [6, 6.07) is 3.54. The van der Waals surface area contributed by atoms with E-state index in [0.717, 1.165) is 5.56 Å². The number of carbonyl (C=O) groups excluding carboxylic acids is 1. The van der Waals surface area contributed by atoms with Crippen molar-refractivity contribution >= 4 is 29.2 Å². The number of ether oxygens (including phenoxy) is 1. The van der Waals surface area contributed by atoms with Crippen LogP contribution in [0.1, 0.15) is 24.0 Å². The number of nitrogens with zero attached hydrogens (tertiary/aromatic N) is 3. The molecule has 0 saturated heterocycles. The van der Waals surface area contributed by atoms with Gasteiger partial charge in [-0.3, -0.25) is 9.78 Å². The normalized spacial score (nSPS) is 12.0. The van der Waals surface area contributed by atoms with Crippen molar-refractivity contribution in [2.45, 2.75) is 19.3 Å². The van der Waals surface area contributed by atoms with Crippen molar-refractivity contribution in [1.29, 1.82) is 0 Å². The van der Waals surface area contributed by atoms with Crippen LogP contribution in [0.2, 0.25) is 10.4 Å². The highest BCUT2D eigenvalue weighted by molar-refractivity contribution is 6.32. The molecular weight excluding hydrogens is 313 g/mol. The first-order chi connectivity index (χ1) is 10.1. The van der Waals surface area contributed by atoms with Crippen molar-refractivity contribution in [2.75, 3.05) is 6.61 Å². The van der Waals surface area contributed by atoms with E-state index < -0.39 is 5.92 Å². The number of hydrogen-bond donors (Lipinski definition) is 0. The van der Waals surface area contributed by atoms with Gasteiger partial charge in [-0.2, -0.15) is 0 Å². The molecule has 2 aromatic rings. The van der Waals surface area contributed by atoms with Crippen molar-refractivity contribution in [2.24, 2.45) is 0 Å². The summed E-state index contributed by atoms with van der Waals surface area (Å²) in [5, 5.41) is 0.304. The van der Waals surface area contributed by atoms with Crippen LogP contribution in [0, 0.1) is 0 Å². The highest BCUT2D eigenvalue weighted by Crippen LogP contribution is 2.25. The molecule has 0 amide bonds. The highest BCUT2D eigenvalue weighted by atomic mass is 35.5. The lowest BCUT2D eigenvalue weighted by Gasteiger charge is -2.16. The Labute approximate surface area is 132 Å². The zero-order valence-electron chi connectivity index (χ0n) is 11.3. The van der Waals surface area contributed by atoms with Crippen LogP contribution in [-0.4, -0.2) is 27.5 Å². The second-order valence-corrected chi connectivity index (χ2v) is 4.94. The lowest BCUT2D eigenvalue weighted by atomic mass is 9.94. The van der Waals surface area contributed by atoms with E-state index in [2.05, 4.69) is 15.0 Å². The second-order valence-electron chi connectivity index (χ2n) is 4.24. The number of carbonyl (C=O) groups is 1. The van der Waals surface area contributed by atoms with Crippen molar-refractivity contribution < 1.29 is 9.53 Å². The third-order valence-corrected chi connectivity index (χ3v) is 3.40. The van der Waals surface area contributed by atoms with Crippen LogP contribution in [0.5, 0.6) is 0 Å². The van der Waals surface area contributed by atoms with Crippen LogP contribution in [0.15, 0.2) is 30.7 Å². The number of rotatable bonds is 5. The maximum atomic E-state index is 12.2. The Kier molecular flexibility index (Phi) is 5.47. The predicted molar refractivity (Wildman–Crippen MR) is 79.4 cm³/mol. The van der Waals surface area contributed by atoms with Gasteiger partial charge in [-0.25, -0.2) is 9.97 Å². The lowest BCUT2D eigenvalue weighted by Crippen LogP contribution is -2.19. The fourth-order valence-electron chi connectivity index (χ4n) is 1.90. The summed E-state index contributed by atoms with van der Waals surface area (Å²) in [6.07, 6.45) is 5.10. The largest absolute Gasteiger partial charge is 0.466 e. The van der Waals surface area contributed by atoms with E-state index >= 15 is 0 Å². The average molecular weight is 326 g/mol. The summed E-state index contributed by atoms with van der Waals surface area (Å²) < 4.78 is 5.12. The Bertz CT molecular complexity index is 623. The van der Waals surface area contributed by atoms with Crippen LogP contribution < -0.4 is 0 Å². The first-order valence-corrected chi connectivity index (χ1v) is 7.11. The monoisotopic (exact) mass is 325 g/mol. The molecule has 0 aliphatic carbocycles. The minimum absolute atomic E-state index is 0.0698. The first-order valence-electron chi connectivity index (χ1n) is 6.35. The Hall–Kier alpha value is -1.72. The van der Waals surface area contributed by atoms with Gasteiger partial charge in [0.15, 0.2) is 0 Å². The van der Waals surface area contributed by atoms with Gasteiger partial charge in [-0.15, -0.1) is 0 Å². The molecule has 2 heterocycles. The van der Waals surface area contributed by atoms with Gasteiger partial charge in [0.2, 0.25) is 5.28 Å². The standard InChI is InChI=1S/C14H13Cl2N3O2/c1-2-21-13(20)11(9-3-5-17-6-4-9)7-10-8-18-14(16)19-12(10)15/h3-6,8,11H,2,7H2,1H3. The van der Waals surface area contributed by atoms with Gasteiger partial charge < -0.3 is 4.74 Å². The molecule has 0 fully saturated rings. The number of hydrogen-bond acceptors (Lipinski definition) is 5. The molecule has 0 aliphatic heterocycles. The van der Waals surface area contributed by atoms with E-state index in [-0.39, 0.29) is 16.4 Å². The minimum Gasteiger partial charge on any atom is -0.466 e. The Morgan fingerprint density at radius 3 is 2.67 bits per heavy atom. The van der Waals surface area contributed by atoms with E-state index in [4.69, 9.17) is 27.9 Å². The topological polar surface area (TPSA) is 65.0 Å². The van der Waals surface area contributed by atoms with E-state index in [1.165, 1.54) is 6.20 Å². The third-order valence-electron chi connectivity index (χ3n) is 2.89. The van der Waals surface area contributed by atoms with Crippen LogP contribution in [0.3, 0.4) is 0 Å². The Morgan fingerprint density at radius 2 is 2.05 bits per heavy atom. The minimum atomic E-state index is -0.491. The second kappa shape index (κ2) is 7.33. The summed E-state index contributed by atoms with van der Waals surface area (Å²) in [7, 11) is 0. The van der Waals surface area contributed by atoms with Crippen molar-refractivity contribution in [3.05, 3.63) is 52.3 Å². The summed E-state index contributed by atoms with van der Waals surface area (Å²) in [5.74, 6) is -0.815. The van der Waals surface area contributed by atoms with E-state index in [9.17, 15) is 4.79 Å². The van der Waals surface area contributed by atoms with Gasteiger partial charge in [-0.1, -0.05) is 11.6 Å². The van der Waals surface area contributed by atoms with Gasteiger partial charge in [0.05, 0.1) is 12.5 Å². The molecule has 1 unspecified atom stereocenters. The number of aromatic nitrogens is 3. The highest BCUT2D eigenvalue weighted by Gasteiger charge is 2.24. The molecule has 2 aromatic heterocycles. The van der Waals surface area contributed by atoms with Gasteiger partial charge in [-0.05, 0) is 42.6 Å². The molecule has 2 rings (SSSR count). The molecule has 0 bridgehead atoms. The smallest absolute Gasteiger partial charge is 0.313 e. The number of esters is 1. The number of halogens is 2. The SMILES string of the molecule is CCOC(=O)C(Cc1cnc(Cl)nc1Cl)c1ccncc1. The molecule has 1 atom stereocenters. The van der Waals surface area contributed by atoms with Crippen LogP contribution in [0.25, 0.3) is 0 Å². The molecule has 0 aromatic carbocycles. The molecule has 7 heteroatoms. The zero-order valence-corrected chi connectivity index (χ0v) is 12.8. The van der Waals surface area contributed by atoms with E-state index in [0.29, 0.717) is 18.6 Å². The van der Waals surface area contributed by atoms with Crippen molar-refractivity contribution in [3.63, 3.8) is 0 Å². The summed E-state index contributed by atoms with van der Waals surface area (Å²) in [6.45, 7) is 2.07. The summed E-state index contributed by atoms with van der Waals surface area (Å²) in [5.41, 5.74) is 1.44. The average Bonchev–Trinajstić information content (AvgIpc) is 2.47. The molecule has 0 spiro atoms. The predicted octanol–water partition coefficient (Wildman–Crippen LogP) is 3.07. The van der Waals surface area contributed by atoms with Gasteiger partial charge in [0, 0.05) is 24.2 Å². The fraction of sp³-hybridized carbons (Fsp3) is 0.286. The Balaban J connectivity index is 2.30. The molecule has 0 aliphatic rings. The number of pyridine rings is 1. The van der Waals surface area contributed by atoms with Gasteiger partial charge in [0.25, 0.3) is 0 Å². The van der Waals surface area contributed by atoms with Crippen molar-refractivity contribution in [3.8, 4) is 0 Å². The van der Waals surface area contributed by atoms with Gasteiger partial charge in [0.1, 0.15) is 5.15 Å². The van der Waals surface area contributed by atoms with Crippen LogP contribution >= 0.6 is 23.2 Å². The lowest BCUT2D eigenvalue weighted by molar-refractivity contribution is -0.144.